The fourth-order valence-electron chi connectivity index (χ4n) is 8.68. The minimum Gasteiger partial charge on any atom is -0.489 e. The lowest BCUT2D eigenvalue weighted by molar-refractivity contribution is -0.133. The monoisotopic (exact) mass is 680 g/mol. The minimum atomic E-state index is -0.559. The van der Waals surface area contributed by atoms with Crippen molar-refractivity contribution in [1.82, 2.24) is 30.7 Å². The Morgan fingerprint density at radius 1 is 1.08 bits per heavy atom. The van der Waals surface area contributed by atoms with E-state index in [0.717, 1.165) is 82.8 Å². The number of hydrogen-bond donors (Lipinski definition) is 4. The fraction of sp³-hybridized carbons (Fsp3) is 0.694. The van der Waals surface area contributed by atoms with Crippen molar-refractivity contribution in [3.63, 3.8) is 0 Å². The third kappa shape index (κ3) is 7.51. The summed E-state index contributed by atoms with van der Waals surface area (Å²) in [6.07, 6.45) is 17.1. The van der Waals surface area contributed by atoms with Crippen LogP contribution in [-0.2, 0) is 14.3 Å². The van der Waals surface area contributed by atoms with Gasteiger partial charge in [-0.2, -0.15) is 11.8 Å². The second-order valence-corrected chi connectivity index (χ2v) is 15.9. The van der Waals surface area contributed by atoms with Gasteiger partial charge in [0.25, 0.3) is 0 Å². The molecule has 5 aliphatic heterocycles. The van der Waals surface area contributed by atoms with Gasteiger partial charge in [0, 0.05) is 81.1 Å². The van der Waals surface area contributed by atoms with Gasteiger partial charge in [-0.15, -0.1) is 0 Å². The van der Waals surface area contributed by atoms with Crippen LogP contribution in [0.25, 0.3) is 0 Å². The Labute approximate surface area is 288 Å². The Morgan fingerprint density at radius 3 is 2.73 bits per heavy atom. The van der Waals surface area contributed by atoms with E-state index in [1.807, 2.05) is 23.6 Å². The number of nitrogens with one attached hydrogen (secondary N) is 3. The number of carbonyl (C=O) groups excluding carboxylic acids is 3. The summed E-state index contributed by atoms with van der Waals surface area (Å²) < 4.78 is 6.36. The van der Waals surface area contributed by atoms with Gasteiger partial charge in [0.1, 0.15) is 18.6 Å². The number of urea groups is 1. The van der Waals surface area contributed by atoms with E-state index in [4.69, 9.17) is 4.74 Å². The van der Waals surface area contributed by atoms with Gasteiger partial charge in [-0.05, 0) is 62.2 Å². The number of aliphatic hydroxyl groups excluding tert-OH is 1. The van der Waals surface area contributed by atoms with Crippen LogP contribution in [0.15, 0.2) is 47.3 Å². The van der Waals surface area contributed by atoms with Gasteiger partial charge in [-0.1, -0.05) is 30.7 Å². The molecule has 8 unspecified atom stereocenters. The number of ether oxygens (including phenoxy) is 1. The molecule has 0 spiro atoms. The van der Waals surface area contributed by atoms with E-state index in [9.17, 15) is 19.5 Å². The molecule has 4 N–H and O–H groups in total. The SMILES string of the molecule is CC1NC(=O)CCC1N1CC2=C(OCC3=CCC(CN4CCN(C(=O)CCCCC5SCC6NC(=O)NC65)CC4)C=C3)C=CCC2C1O. The maximum Gasteiger partial charge on any atom is 0.315 e. The summed E-state index contributed by atoms with van der Waals surface area (Å²) in [5, 5.41) is 20.8. The van der Waals surface area contributed by atoms with E-state index in [1.165, 1.54) is 11.1 Å². The van der Waals surface area contributed by atoms with E-state index in [1.54, 1.807) is 0 Å². The number of nitrogens with zero attached hydrogens (tertiary/aromatic N) is 3. The molecule has 5 fully saturated rings. The summed E-state index contributed by atoms with van der Waals surface area (Å²) >= 11 is 1.94. The number of hydrogen-bond acceptors (Lipinski definition) is 8. The van der Waals surface area contributed by atoms with Crippen LogP contribution in [0.4, 0.5) is 4.79 Å². The van der Waals surface area contributed by atoms with Crippen molar-refractivity contribution in [2.75, 3.05) is 51.6 Å². The first kappa shape index (κ1) is 33.7. The van der Waals surface area contributed by atoms with Crippen LogP contribution < -0.4 is 16.0 Å². The maximum absolute atomic E-state index is 12.9. The molecule has 0 aromatic heterocycles. The Hall–Kier alpha value is -2.80. The van der Waals surface area contributed by atoms with Crippen LogP contribution in [0.2, 0.25) is 0 Å². The molecule has 0 aromatic carbocycles. The van der Waals surface area contributed by atoms with Gasteiger partial charge in [0.2, 0.25) is 11.8 Å². The van der Waals surface area contributed by atoms with Crippen LogP contribution in [-0.4, -0.2) is 125 Å². The van der Waals surface area contributed by atoms with Gasteiger partial charge in [-0.25, -0.2) is 4.79 Å². The van der Waals surface area contributed by atoms with E-state index in [0.29, 0.717) is 37.2 Å². The lowest BCUT2D eigenvalue weighted by Gasteiger charge is -2.38. The smallest absolute Gasteiger partial charge is 0.315 e. The van der Waals surface area contributed by atoms with Crippen LogP contribution in [0.3, 0.4) is 0 Å². The molecule has 48 heavy (non-hydrogen) atoms. The van der Waals surface area contributed by atoms with Crippen LogP contribution in [0, 0.1) is 11.8 Å². The fourth-order valence-corrected chi connectivity index (χ4v) is 10.2. The molecule has 262 valence electrons. The highest BCUT2D eigenvalue weighted by Crippen LogP contribution is 2.39. The molecule has 7 rings (SSSR count). The largest absolute Gasteiger partial charge is 0.489 e. The highest BCUT2D eigenvalue weighted by molar-refractivity contribution is 8.00. The molecule has 7 aliphatic rings. The van der Waals surface area contributed by atoms with Gasteiger partial charge in [-0.3, -0.25) is 19.4 Å². The van der Waals surface area contributed by atoms with Crippen molar-refractivity contribution in [3.8, 4) is 0 Å². The predicted octanol–water partition coefficient (Wildman–Crippen LogP) is 2.51. The number of piperazine rings is 1. The summed E-state index contributed by atoms with van der Waals surface area (Å²) in [5.41, 5.74) is 2.35. The Kier molecular flexibility index (Phi) is 10.5. The summed E-state index contributed by atoms with van der Waals surface area (Å²) in [5.74, 6) is 2.73. The number of amides is 4. The number of fused-ring (bicyclic) bond motifs is 2. The molecule has 0 radical (unpaired) electrons. The number of allylic oxidation sites excluding steroid dienone is 3. The number of unbranched alkanes of at least 4 members (excludes halogenated alkanes) is 1. The van der Waals surface area contributed by atoms with Crippen molar-refractivity contribution in [2.24, 2.45) is 11.8 Å². The standard InChI is InChI=1S/C36H52N6O5S/c1-23-29(13-14-32(43)37-23)42-20-27-26(35(42)45)5-4-6-30(27)47-21-25-11-9-24(10-12-25)19-40-15-17-41(18-16-40)33(44)8-3-2-7-31-34-28(22-48-31)38-36(46)39-34/h4,6,9,11-12,23-24,26,28-29,31,34-35,45H,2-3,5,7-8,10,13-22H2,1H3,(H,37,43)(H2,38,39,46). The first-order valence-corrected chi connectivity index (χ1v) is 19.2. The highest BCUT2D eigenvalue weighted by atomic mass is 32.2. The first-order valence-electron chi connectivity index (χ1n) is 18.1. The van der Waals surface area contributed by atoms with Crippen molar-refractivity contribution in [2.45, 2.75) is 93.9 Å². The van der Waals surface area contributed by atoms with Crippen molar-refractivity contribution in [1.29, 1.82) is 0 Å². The molecule has 12 heteroatoms. The Morgan fingerprint density at radius 2 is 1.94 bits per heavy atom. The second kappa shape index (κ2) is 15.0. The Bertz CT molecular complexity index is 1360. The van der Waals surface area contributed by atoms with Crippen molar-refractivity contribution >= 4 is 29.6 Å². The number of piperidine rings is 1. The van der Waals surface area contributed by atoms with Crippen LogP contribution >= 0.6 is 11.8 Å². The molecule has 5 heterocycles. The van der Waals surface area contributed by atoms with Crippen LogP contribution in [0.5, 0.6) is 0 Å². The summed E-state index contributed by atoms with van der Waals surface area (Å²) in [6.45, 7) is 7.67. The number of thioether (sulfide) groups is 1. The number of rotatable bonds is 11. The maximum atomic E-state index is 12.9. The van der Waals surface area contributed by atoms with E-state index >= 15 is 0 Å². The third-order valence-corrected chi connectivity index (χ3v) is 13.0. The molecule has 2 aliphatic carbocycles. The molecule has 4 amide bonds. The van der Waals surface area contributed by atoms with E-state index in [-0.39, 0.29) is 47.9 Å². The van der Waals surface area contributed by atoms with Crippen molar-refractivity contribution in [3.05, 3.63) is 47.3 Å². The highest BCUT2D eigenvalue weighted by Gasteiger charge is 2.45. The number of carbonyl (C=O) groups is 3. The molecule has 0 aromatic rings. The average Bonchev–Trinajstić information content (AvgIpc) is 3.75. The van der Waals surface area contributed by atoms with Crippen molar-refractivity contribution < 1.29 is 24.2 Å². The summed E-state index contributed by atoms with van der Waals surface area (Å²) in [4.78, 5) is 43.0. The van der Waals surface area contributed by atoms with Gasteiger partial charge in [0.05, 0.1) is 12.1 Å². The zero-order chi connectivity index (χ0) is 33.2. The van der Waals surface area contributed by atoms with Gasteiger partial charge < -0.3 is 30.7 Å². The molecule has 0 saturated carbocycles. The molecule has 8 atom stereocenters. The van der Waals surface area contributed by atoms with E-state index in [2.05, 4.69) is 56.1 Å². The van der Waals surface area contributed by atoms with E-state index < -0.39 is 6.23 Å². The summed E-state index contributed by atoms with van der Waals surface area (Å²) in [7, 11) is 0. The normalized spacial score (nSPS) is 35.2. The zero-order valence-corrected chi connectivity index (χ0v) is 29.0. The quantitative estimate of drug-likeness (QED) is 0.194. The topological polar surface area (TPSA) is 126 Å². The second-order valence-electron chi connectivity index (χ2n) is 14.7. The average molecular weight is 681 g/mol. The Balaban J connectivity index is 0.800. The van der Waals surface area contributed by atoms with Gasteiger partial charge in [0.15, 0.2) is 0 Å². The molecule has 5 saturated heterocycles. The third-order valence-electron chi connectivity index (χ3n) is 11.5. The number of aliphatic hydroxyl groups is 1. The molecular weight excluding hydrogens is 628 g/mol. The minimum absolute atomic E-state index is 0.0173. The first-order chi connectivity index (χ1) is 23.3. The lowest BCUT2D eigenvalue weighted by Crippen LogP contribution is -2.55. The number of likely N-dealkylation sites (tertiary alicyclic amines) is 1. The lowest BCUT2D eigenvalue weighted by atomic mass is 9.92. The zero-order valence-electron chi connectivity index (χ0n) is 28.1. The summed E-state index contributed by atoms with van der Waals surface area (Å²) in [6, 6.07) is 0.608. The predicted molar refractivity (Wildman–Crippen MR) is 186 cm³/mol. The van der Waals surface area contributed by atoms with Gasteiger partial charge >= 0.3 is 6.03 Å². The molecular formula is C36H52N6O5S. The molecule has 0 bridgehead atoms. The molecule has 11 nitrogen and oxygen atoms in total. The van der Waals surface area contributed by atoms with Crippen LogP contribution in [0.1, 0.15) is 58.3 Å².